The predicted molar refractivity (Wildman–Crippen MR) is 79.3 cm³/mol. The molecule has 0 aliphatic carbocycles. The van der Waals surface area contributed by atoms with Gasteiger partial charge in [-0.25, -0.2) is 4.98 Å². The summed E-state index contributed by atoms with van der Waals surface area (Å²) in [7, 11) is 0. The van der Waals surface area contributed by atoms with Crippen LogP contribution >= 0.6 is 11.6 Å². The normalized spacial score (nSPS) is 12.7. The highest BCUT2D eigenvalue weighted by Crippen LogP contribution is 2.33. The fourth-order valence-corrected chi connectivity index (χ4v) is 2.64. The minimum atomic E-state index is 0.286. The number of nitrogens with zero attached hydrogens (tertiary/aromatic N) is 1. The van der Waals surface area contributed by atoms with Crippen molar-refractivity contribution in [1.82, 2.24) is 4.98 Å². The molecule has 0 saturated heterocycles. The highest BCUT2D eigenvalue weighted by Gasteiger charge is 2.18. The molecule has 0 N–H and O–H groups in total. The number of aromatic nitrogens is 1. The second-order valence-electron chi connectivity index (χ2n) is 4.89. The summed E-state index contributed by atoms with van der Waals surface area (Å²) < 4.78 is 11.3. The van der Waals surface area contributed by atoms with Crippen LogP contribution < -0.4 is 9.47 Å². The Hall–Kier alpha value is -2.07. The molecule has 108 valence electrons. The number of aldehydes is 1. The first kappa shape index (κ1) is 13.9. The maximum Gasteiger partial charge on any atom is 0.172 e. The molecular weight excluding hydrogens is 290 g/mol. The molecule has 0 unspecified atom stereocenters. The van der Waals surface area contributed by atoms with E-state index in [1.54, 1.807) is 12.1 Å². The lowest BCUT2D eigenvalue weighted by molar-refractivity contribution is 0.111. The van der Waals surface area contributed by atoms with Gasteiger partial charge in [-0.1, -0.05) is 11.6 Å². The smallest absolute Gasteiger partial charge is 0.172 e. The number of rotatable bonds is 4. The average molecular weight is 304 g/mol. The van der Waals surface area contributed by atoms with Crippen LogP contribution in [0, 0.1) is 6.92 Å². The first-order chi connectivity index (χ1) is 10.2. The lowest BCUT2D eigenvalue weighted by Crippen LogP contribution is -2.02. The summed E-state index contributed by atoms with van der Waals surface area (Å²) in [5, 5.41) is 0.662. The average Bonchev–Trinajstić information content (AvgIpc) is 2.93. The Kier molecular flexibility index (Phi) is 3.80. The van der Waals surface area contributed by atoms with Gasteiger partial charge >= 0.3 is 0 Å². The summed E-state index contributed by atoms with van der Waals surface area (Å²) in [5.41, 5.74) is 3.05. The molecule has 3 rings (SSSR count). The van der Waals surface area contributed by atoms with E-state index in [0.717, 1.165) is 29.0 Å². The van der Waals surface area contributed by atoms with E-state index in [1.165, 1.54) is 0 Å². The van der Waals surface area contributed by atoms with Gasteiger partial charge in [-0.05, 0) is 36.8 Å². The molecule has 1 aromatic heterocycles. The van der Waals surface area contributed by atoms with Gasteiger partial charge < -0.3 is 9.47 Å². The number of carbonyl (C=O) groups is 1. The van der Waals surface area contributed by atoms with Gasteiger partial charge in [0.1, 0.15) is 23.8 Å². The Morgan fingerprint density at radius 2 is 2.29 bits per heavy atom. The zero-order valence-corrected chi connectivity index (χ0v) is 12.3. The van der Waals surface area contributed by atoms with Crippen molar-refractivity contribution in [2.45, 2.75) is 20.0 Å². The molecule has 4 nitrogen and oxygen atoms in total. The monoisotopic (exact) mass is 303 g/mol. The Morgan fingerprint density at radius 3 is 3.10 bits per heavy atom. The molecule has 0 amide bonds. The molecule has 2 aromatic rings. The van der Waals surface area contributed by atoms with Gasteiger partial charge in [0.25, 0.3) is 0 Å². The minimum absolute atomic E-state index is 0.286. The first-order valence-electron chi connectivity index (χ1n) is 6.67. The summed E-state index contributed by atoms with van der Waals surface area (Å²) in [4.78, 5) is 15.2. The van der Waals surface area contributed by atoms with E-state index in [0.29, 0.717) is 29.4 Å². The third-order valence-corrected chi connectivity index (χ3v) is 3.56. The van der Waals surface area contributed by atoms with E-state index < -0.39 is 0 Å². The SMILES string of the molecule is Cc1ccc(OCc2cc(Cl)cc3c2OCC3)c(C=O)n1. The first-order valence-corrected chi connectivity index (χ1v) is 7.05. The largest absolute Gasteiger partial charge is 0.493 e. The molecule has 0 atom stereocenters. The molecule has 1 aliphatic heterocycles. The molecule has 2 heterocycles. The Morgan fingerprint density at radius 1 is 1.43 bits per heavy atom. The van der Waals surface area contributed by atoms with Crippen molar-refractivity contribution in [2.24, 2.45) is 0 Å². The molecule has 0 radical (unpaired) electrons. The van der Waals surface area contributed by atoms with E-state index in [2.05, 4.69) is 4.98 Å². The number of benzene rings is 1. The third-order valence-electron chi connectivity index (χ3n) is 3.35. The van der Waals surface area contributed by atoms with Crippen LogP contribution in [0.1, 0.15) is 27.3 Å². The summed E-state index contributed by atoms with van der Waals surface area (Å²) >= 11 is 6.11. The molecule has 0 bridgehead atoms. The molecular formula is C16H14ClNO3. The second kappa shape index (κ2) is 5.74. The number of hydrogen-bond donors (Lipinski definition) is 0. The molecule has 1 aromatic carbocycles. The van der Waals surface area contributed by atoms with E-state index in [9.17, 15) is 4.79 Å². The number of halogens is 1. The third kappa shape index (κ3) is 2.85. The number of fused-ring (bicyclic) bond motifs is 1. The number of carbonyl (C=O) groups excluding carboxylic acids is 1. The van der Waals surface area contributed by atoms with Crippen molar-refractivity contribution in [2.75, 3.05) is 6.61 Å². The quantitative estimate of drug-likeness (QED) is 0.813. The number of aryl methyl sites for hydroxylation is 1. The molecule has 0 fully saturated rings. The maximum atomic E-state index is 11.0. The minimum Gasteiger partial charge on any atom is -0.493 e. The van der Waals surface area contributed by atoms with Crippen molar-refractivity contribution < 1.29 is 14.3 Å². The van der Waals surface area contributed by atoms with Crippen LogP contribution in [0.15, 0.2) is 24.3 Å². The lowest BCUT2D eigenvalue weighted by Gasteiger charge is -2.12. The number of ether oxygens (including phenoxy) is 2. The molecule has 21 heavy (non-hydrogen) atoms. The molecule has 5 heteroatoms. The standard InChI is InChI=1S/C16H14ClNO3/c1-10-2-3-15(14(8-19)18-10)21-9-12-7-13(17)6-11-4-5-20-16(11)12/h2-3,6-8H,4-5,9H2,1H3. The van der Waals surface area contributed by atoms with Crippen LogP contribution in [-0.4, -0.2) is 17.9 Å². The fourth-order valence-electron chi connectivity index (χ4n) is 2.38. The van der Waals surface area contributed by atoms with Crippen LogP contribution in [0.25, 0.3) is 0 Å². The van der Waals surface area contributed by atoms with Crippen LogP contribution in [0.5, 0.6) is 11.5 Å². The zero-order chi connectivity index (χ0) is 14.8. The molecule has 1 aliphatic rings. The number of pyridine rings is 1. The molecule has 0 spiro atoms. The zero-order valence-electron chi connectivity index (χ0n) is 11.6. The van der Waals surface area contributed by atoms with E-state index in [1.807, 2.05) is 19.1 Å². The highest BCUT2D eigenvalue weighted by atomic mass is 35.5. The van der Waals surface area contributed by atoms with Crippen molar-refractivity contribution >= 4 is 17.9 Å². The van der Waals surface area contributed by atoms with Crippen LogP contribution in [0.2, 0.25) is 5.02 Å². The van der Waals surface area contributed by atoms with Gasteiger partial charge in [-0.15, -0.1) is 0 Å². The van der Waals surface area contributed by atoms with Crippen molar-refractivity contribution in [1.29, 1.82) is 0 Å². The summed E-state index contributed by atoms with van der Waals surface area (Å²) in [6.07, 6.45) is 1.55. The van der Waals surface area contributed by atoms with Gasteiger partial charge in [0.2, 0.25) is 0 Å². The van der Waals surface area contributed by atoms with Crippen molar-refractivity contribution in [3.8, 4) is 11.5 Å². The van der Waals surface area contributed by atoms with Gasteiger partial charge in [0, 0.05) is 22.7 Å². The Bertz CT molecular complexity index is 700. The van der Waals surface area contributed by atoms with Gasteiger partial charge in [0.05, 0.1) is 6.61 Å². The second-order valence-corrected chi connectivity index (χ2v) is 5.33. The molecule has 0 saturated carbocycles. The summed E-state index contributed by atoms with van der Waals surface area (Å²) in [6.45, 7) is 2.78. The van der Waals surface area contributed by atoms with Crippen molar-refractivity contribution in [3.05, 3.63) is 51.8 Å². The fraction of sp³-hybridized carbons (Fsp3) is 0.250. The van der Waals surface area contributed by atoms with Crippen LogP contribution in [0.3, 0.4) is 0 Å². The Labute approximate surface area is 127 Å². The number of hydrogen-bond acceptors (Lipinski definition) is 4. The van der Waals surface area contributed by atoms with Gasteiger partial charge in [0.15, 0.2) is 6.29 Å². The van der Waals surface area contributed by atoms with Gasteiger partial charge in [-0.2, -0.15) is 0 Å². The Balaban J connectivity index is 1.84. The topological polar surface area (TPSA) is 48.4 Å². The van der Waals surface area contributed by atoms with E-state index in [-0.39, 0.29) is 6.61 Å². The summed E-state index contributed by atoms with van der Waals surface area (Å²) in [5.74, 6) is 1.30. The van der Waals surface area contributed by atoms with Crippen molar-refractivity contribution in [3.63, 3.8) is 0 Å². The maximum absolute atomic E-state index is 11.0. The van der Waals surface area contributed by atoms with Crippen LogP contribution in [-0.2, 0) is 13.0 Å². The van der Waals surface area contributed by atoms with E-state index in [4.69, 9.17) is 21.1 Å². The summed E-state index contributed by atoms with van der Waals surface area (Å²) in [6, 6.07) is 7.30. The van der Waals surface area contributed by atoms with Crippen LogP contribution in [0.4, 0.5) is 0 Å². The predicted octanol–water partition coefficient (Wildman–Crippen LogP) is 3.37. The lowest BCUT2D eigenvalue weighted by atomic mass is 10.1. The van der Waals surface area contributed by atoms with E-state index >= 15 is 0 Å². The highest BCUT2D eigenvalue weighted by molar-refractivity contribution is 6.30. The van der Waals surface area contributed by atoms with Gasteiger partial charge in [-0.3, -0.25) is 4.79 Å².